The van der Waals surface area contributed by atoms with Gasteiger partial charge in [-0.3, -0.25) is 4.90 Å². The summed E-state index contributed by atoms with van der Waals surface area (Å²) in [6, 6.07) is 0.908. The molecule has 1 aliphatic heterocycles. The molecule has 0 radical (unpaired) electrons. The Hall–Kier alpha value is -0.0800. The number of nitrogens with one attached hydrogen (secondary N) is 1. The molecule has 2 rings (SSSR count). The van der Waals surface area contributed by atoms with E-state index in [1.54, 1.807) is 0 Å². The van der Waals surface area contributed by atoms with Gasteiger partial charge in [-0.1, -0.05) is 26.2 Å². The molecule has 0 amide bonds. The van der Waals surface area contributed by atoms with Crippen molar-refractivity contribution >= 4 is 0 Å². The molecule has 2 heteroatoms. The van der Waals surface area contributed by atoms with Crippen molar-refractivity contribution < 1.29 is 0 Å². The normalized spacial score (nSPS) is 32.8. The first kappa shape index (κ1) is 10.4. The summed E-state index contributed by atoms with van der Waals surface area (Å²) in [6.07, 6.45) is 7.30. The Morgan fingerprint density at radius 3 is 2.71 bits per heavy atom. The van der Waals surface area contributed by atoms with Gasteiger partial charge in [0.05, 0.1) is 0 Å². The lowest BCUT2D eigenvalue weighted by Gasteiger charge is -2.34. The second kappa shape index (κ2) is 5.13. The van der Waals surface area contributed by atoms with Crippen molar-refractivity contribution in [1.29, 1.82) is 0 Å². The average Bonchev–Trinajstić information content (AvgIpc) is 2.44. The molecule has 2 nitrogen and oxygen atoms in total. The number of nitrogens with zero attached hydrogens (tertiary/aromatic N) is 1. The highest BCUT2D eigenvalue weighted by atomic mass is 15.2. The first-order chi connectivity index (χ1) is 6.86. The molecule has 82 valence electrons. The van der Waals surface area contributed by atoms with Gasteiger partial charge in [0.25, 0.3) is 0 Å². The molecule has 0 spiro atoms. The van der Waals surface area contributed by atoms with E-state index >= 15 is 0 Å². The summed E-state index contributed by atoms with van der Waals surface area (Å²) in [6.45, 7) is 7.37. The van der Waals surface area contributed by atoms with Gasteiger partial charge in [0.15, 0.2) is 0 Å². The maximum absolute atomic E-state index is 3.52. The predicted octanol–water partition coefficient (Wildman–Crippen LogP) is 1.86. The first-order valence-electron chi connectivity index (χ1n) is 6.31. The molecule has 0 aromatic heterocycles. The van der Waals surface area contributed by atoms with Crippen LogP contribution in [-0.4, -0.2) is 37.1 Å². The zero-order valence-corrected chi connectivity index (χ0v) is 9.47. The molecule has 1 heterocycles. The maximum Gasteiger partial charge on any atom is 0.0110 e. The first-order valence-corrected chi connectivity index (χ1v) is 6.31. The molecule has 1 saturated heterocycles. The van der Waals surface area contributed by atoms with Crippen molar-refractivity contribution in [2.45, 2.75) is 45.1 Å². The van der Waals surface area contributed by atoms with Gasteiger partial charge in [0.2, 0.25) is 0 Å². The third kappa shape index (κ3) is 2.71. The Kier molecular flexibility index (Phi) is 3.82. The van der Waals surface area contributed by atoms with Crippen LogP contribution in [0.5, 0.6) is 0 Å². The van der Waals surface area contributed by atoms with E-state index in [4.69, 9.17) is 0 Å². The fraction of sp³-hybridized carbons (Fsp3) is 1.00. The predicted molar refractivity (Wildman–Crippen MR) is 60.5 cm³/mol. The molecule has 14 heavy (non-hydrogen) atoms. The molecule has 1 unspecified atom stereocenters. The van der Waals surface area contributed by atoms with E-state index < -0.39 is 0 Å². The van der Waals surface area contributed by atoms with E-state index in [9.17, 15) is 0 Å². The Balaban J connectivity index is 1.87. The molecular weight excluding hydrogens is 172 g/mol. The van der Waals surface area contributed by atoms with E-state index in [0.29, 0.717) is 0 Å². The number of rotatable bonds is 1. The van der Waals surface area contributed by atoms with Crippen LogP contribution in [0.2, 0.25) is 0 Å². The van der Waals surface area contributed by atoms with Gasteiger partial charge in [-0.15, -0.1) is 0 Å². The second-order valence-corrected chi connectivity index (χ2v) is 5.10. The van der Waals surface area contributed by atoms with Crippen LogP contribution in [0, 0.1) is 5.92 Å². The van der Waals surface area contributed by atoms with E-state index in [-0.39, 0.29) is 0 Å². The Labute approximate surface area is 88.1 Å². The molecule has 1 atom stereocenters. The molecule has 2 aliphatic rings. The van der Waals surface area contributed by atoms with Gasteiger partial charge in [0.1, 0.15) is 0 Å². The van der Waals surface area contributed by atoms with Crippen LogP contribution in [0.15, 0.2) is 0 Å². The third-order valence-electron chi connectivity index (χ3n) is 3.71. The van der Waals surface area contributed by atoms with Crippen LogP contribution < -0.4 is 5.32 Å². The highest BCUT2D eigenvalue weighted by Crippen LogP contribution is 2.23. The summed E-state index contributed by atoms with van der Waals surface area (Å²) in [5.41, 5.74) is 0. The van der Waals surface area contributed by atoms with Crippen molar-refractivity contribution in [1.82, 2.24) is 10.2 Å². The van der Waals surface area contributed by atoms with Crippen molar-refractivity contribution in [3.63, 3.8) is 0 Å². The quantitative estimate of drug-likeness (QED) is 0.688. The minimum Gasteiger partial charge on any atom is -0.315 e. The smallest absolute Gasteiger partial charge is 0.0110 e. The zero-order valence-electron chi connectivity index (χ0n) is 9.47. The van der Waals surface area contributed by atoms with Gasteiger partial charge in [0, 0.05) is 25.7 Å². The lowest BCUT2D eigenvalue weighted by Crippen LogP contribution is -2.40. The summed E-state index contributed by atoms with van der Waals surface area (Å²) in [5.74, 6) is 0.833. The van der Waals surface area contributed by atoms with Crippen LogP contribution in [0.3, 0.4) is 0 Å². The molecular formula is C12H24N2. The highest BCUT2D eigenvalue weighted by molar-refractivity contribution is 4.80. The molecule has 0 bridgehead atoms. The Morgan fingerprint density at radius 2 is 1.93 bits per heavy atom. The van der Waals surface area contributed by atoms with Crippen molar-refractivity contribution in [2.75, 3.05) is 26.2 Å². The standard InChI is InChI=1S/C12H24N2/c1-11-9-13-7-8-14(10-11)12-5-3-2-4-6-12/h11-13H,2-10H2,1H3. The number of hydrogen-bond donors (Lipinski definition) is 1. The number of hydrogen-bond acceptors (Lipinski definition) is 2. The van der Waals surface area contributed by atoms with Gasteiger partial charge < -0.3 is 5.32 Å². The zero-order chi connectivity index (χ0) is 9.80. The van der Waals surface area contributed by atoms with Crippen molar-refractivity contribution in [3.8, 4) is 0 Å². The van der Waals surface area contributed by atoms with Crippen LogP contribution in [0.25, 0.3) is 0 Å². The minimum absolute atomic E-state index is 0.833. The summed E-state index contributed by atoms with van der Waals surface area (Å²) in [4.78, 5) is 2.74. The lowest BCUT2D eigenvalue weighted by atomic mass is 9.93. The highest BCUT2D eigenvalue weighted by Gasteiger charge is 2.23. The largest absolute Gasteiger partial charge is 0.315 e. The van der Waals surface area contributed by atoms with E-state index in [1.165, 1.54) is 58.3 Å². The van der Waals surface area contributed by atoms with E-state index in [2.05, 4.69) is 17.1 Å². The maximum atomic E-state index is 3.52. The van der Waals surface area contributed by atoms with E-state index in [0.717, 1.165) is 12.0 Å². The van der Waals surface area contributed by atoms with Crippen LogP contribution >= 0.6 is 0 Å². The summed E-state index contributed by atoms with van der Waals surface area (Å²) in [7, 11) is 0. The van der Waals surface area contributed by atoms with Gasteiger partial charge in [-0.05, 0) is 25.3 Å². The molecule has 1 aliphatic carbocycles. The van der Waals surface area contributed by atoms with Gasteiger partial charge in [-0.25, -0.2) is 0 Å². The SMILES string of the molecule is CC1CNCCN(C2CCCCC2)C1. The van der Waals surface area contributed by atoms with Crippen molar-refractivity contribution in [3.05, 3.63) is 0 Å². The minimum atomic E-state index is 0.833. The second-order valence-electron chi connectivity index (χ2n) is 5.10. The van der Waals surface area contributed by atoms with Crippen LogP contribution in [-0.2, 0) is 0 Å². The van der Waals surface area contributed by atoms with E-state index in [1.807, 2.05) is 0 Å². The molecule has 1 saturated carbocycles. The summed E-state index contributed by atoms with van der Waals surface area (Å²) >= 11 is 0. The monoisotopic (exact) mass is 196 g/mol. The fourth-order valence-electron chi connectivity index (χ4n) is 2.91. The topological polar surface area (TPSA) is 15.3 Å². The Morgan fingerprint density at radius 1 is 1.14 bits per heavy atom. The van der Waals surface area contributed by atoms with Gasteiger partial charge in [-0.2, -0.15) is 0 Å². The summed E-state index contributed by atoms with van der Waals surface area (Å²) < 4.78 is 0. The third-order valence-corrected chi connectivity index (χ3v) is 3.71. The van der Waals surface area contributed by atoms with Crippen molar-refractivity contribution in [2.24, 2.45) is 5.92 Å². The molecule has 0 aromatic rings. The summed E-state index contributed by atoms with van der Waals surface area (Å²) in [5, 5.41) is 3.52. The Bertz CT molecular complexity index is 164. The molecule has 0 aromatic carbocycles. The lowest BCUT2D eigenvalue weighted by molar-refractivity contribution is 0.152. The van der Waals surface area contributed by atoms with Crippen LogP contribution in [0.1, 0.15) is 39.0 Å². The molecule has 1 N–H and O–H groups in total. The van der Waals surface area contributed by atoms with Crippen LogP contribution in [0.4, 0.5) is 0 Å². The molecule has 2 fully saturated rings. The average molecular weight is 196 g/mol. The fourth-order valence-corrected chi connectivity index (χ4v) is 2.91. The van der Waals surface area contributed by atoms with Gasteiger partial charge >= 0.3 is 0 Å².